The van der Waals surface area contributed by atoms with Gasteiger partial charge in [0, 0.05) is 6.07 Å². The van der Waals surface area contributed by atoms with Crippen molar-refractivity contribution in [1.29, 1.82) is 0 Å². The Labute approximate surface area is 107 Å². The zero-order valence-corrected chi connectivity index (χ0v) is 9.92. The second kappa shape index (κ2) is 4.41. The van der Waals surface area contributed by atoms with Crippen LogP contribution in [-0.4, -0.2) is 22.9 Å². The van der Waals surface area contributed by atoms with Gasteiger partial charge in [-0.3, -0.25) is 0 Å². The van der Waals surface area contributed by atoms with E-state index in [4.69, 9.17) is 0 Å². The molecule has 0 radical (unpaired) electrons. The molecule has 2 heterocycles. The van der Waals surface area contributed by atoms with Gasteiger partial charge in [0.25, 0.3) is 0 Å². The third-order valence-electron chi connectivity index (χ3n) is 3.10. The number of rotatable bonds is 2. The second-order valence-electron chi connectivity index (χ2n) is 4.50. The molecule has 0 unspecified atom stereocenters. The van der Waals surface area contributed by atoms with Crippen molar-refractivity contribution >= 4 is 11.0 Å². The highest BCUT2D eigenvalue weighted by molar-refractivity contribution is 5.76. The van der Waals surface area contributed by atoms with E-state index >= 15 is 0 Å². The van der Waals surface area contributed by atoms with Gasteiger partial charge in [-0.1, -0.05) is 0 Å². The molecule has 1 saturated heterocycles. The van der Waals surface area contributed by atoms with Crippen LogP contribution in [0.15, 0.2) is 18.2 Å². The fraction of sp³-hybridized carbons (Fsp3) is 0.417. The highest BCUT2D eigenvalue weighted by Gasteiger charge is 2.31. The zero-order chi connectivity index (χ0) is 13.5. The molecule has 0 bridgehead atoms. The Morgan fingerprint density at radius 1 is 1.32 bits per heavy atom. The quantitative estimate of drug-likeness (QED) is 0.883. The predicted molar refractivity (Wildman–Crippen MR) is 62.8 cm³/mol. The third kappa shape index (κ3) is 2.65. The van der Waals surface area contributed by atoms with Crippen molar-refractivity contribution in [3.05, 3.63) is 24.0 Å². The number of halogens is 3. The number of nitrogens with one attached hydrogen (secondary N) is 2. The number of aromatic amines is 1. The number of imidazole rings is 1. The van der Waals surface area contributed by atoms with Gasteiger partial charge in [-0.05, 0) is 31.5 Å². The molecule has 1 atom stereocenters. The maximum Gasteiger partial charge on any atom is 0.573 e. The highest BCUT2D eigenvalue weighted by atomic mass is 19.4. The van der Waals surface area contributed by atoms with Gasteiger partial charge in [-0.2, -0.15) is 0 Å². The van der Waals surface area contributed by atoms with E-state index in [-0.39, 0.29) is 11.8 Å². The summed E-state index contributed by atoms with van der Waals surface area (Å²) < 4.78 is 40.3. The lowest BCUT2D eigenvalue weighted by Crippen LogP contribution is -2.16. The topological polar surface area (TPSA) is 49.9 Å². The van der Waals surface area contributed by atoms with Crippen LogP contribution in [0.1, 0.15) is 24.7 Å². The van der Waals surface area contributed by atoms with Crippen LogP contribution in [0.4, 0.5) is 13.2 Å². The normalized spacial score (nSPS) is 20.1. The molecule has 1 aliphatic rings. The van der Waals surface area contributed by atoms with E-state index in [1.165, 1.54) is 18.2 Å². The molecule has 1 aliphatic heterocycles. The molecule has 2 aromatic rings. The first-order valence-electron chi connectivity index (χ1n) is 6.00. The molecule has 3 rings (SSSR count). The van der Waals surface area contributed by atoms with Crippen LogP contribution in [0.3, 0.4) is 0 Å². The van der Waals surface area contributed by atoms with Gasteiger partial charge >= 0.3 is 6.36 Å². The molecule has 0 spiro atoms. The minimum atomic E-state index is -4.68. The average molecular weight is 271 g/mol. The van der Waals surface area contributed by atoms with Crippen LogP contribution < -0.4 is 10.1 Å². The predicted octanol–water partition coefficient (Wildman–Crippen LogP) is 2.89. The summed E-state index contributed by atoms with van der Waals surface area (Å²) in [5.74, 6) is 0.520. The first-order valence-corrected chi connectivity index (χ1v) is 6.00. The Morgan fingerprint density at radius 3 is 2.84 bits per heavy atom. The SMILES string of the molecule is FC(F)(F)Oc1ccc2nc([C@@H]3CCCN3)[nH]c2c1. The van der Waals surface area contributed by atoms with E-state index in [1.54, 1.807) is 0 Å². The lowest BCUT2D eigenvalue weighted by atomic mass is 10.2. The van der Waals surface area contributed by atoms with Gasteiger partial charge in [-0.25, -0.2) is 4.98 Å². The van der Waals surface area contributed by atoms with Crippen LogP contribution in [0.25, 0.3) is 11.0 Å². The largest absolute Gasteiger partial charge is 0.573 e. The van der Waals surface area contributed by atoms with Gasteiger partial charge in [0.1, 0.15) is 11.6 Å². The van der Waals surface area contributed by atoms with E-state index in [1.807, 2.05) is 0 Å². The molecule has 1 fully saturated rings. The number of H-pyrrole nitrogens is 1. The standard InChI is InChI=1S/C12H12F3N3O/c13-12(14,15)19-7-3-4-8-10(6-7)18-11(17-8)9-2-1-5-16-9/h3-4,6,9,16H,1-2,5H2,(H,17,18)/t9-/m0/s1. The van der Waals surface area contributed by atoms with Crippen molar-refractivity contribution in [3.8, 4) is 5.75 Å². The molecule has 0 amide bonds. The lowest BCUT2D eigenvalue weighted by Gasteiger charge is -2.07. The van der Waals surface area contributed by atoms with Crippen molar-refractivity contribution in [2.75, 3.05) is 6.54 Å². The van der Waals surface area contributed by atoms with Crippen LogP contribution in [0.2, 0.25) is 0 Å². The lowest BCUT2D eigenvalue weighted by molar-refractivity contribution is -0.274. The third-order valence-corrected chi connectivity index (χ3v) is 3.10. The average Bonchev–Trinajstić information content (AvgIpc) is 2.94. The highest BCUT2D eigenvalue weighted by Crippen LogP contribution is 2.28. The molecular formula is C12H12F3N3O. The monoisotopic (exact) mass is 271 g/mol. The van der Waals surface area contributed by atoms with Gasteiger partial charge in [-0.15, -0.1) is 13.2 Å². The van der Waals surface area contributed by atoms with E-state index in [0.29, 0.717) is 11.0 Å². The van der Waals surface area contributed by atoms with E-state index in [2.05, 4.69) is 20.0 Å². The molecule has 1 aromatic heterocycles. The minimum Gasteiger partial charge on any atom is -0.406 e. The Bertz CT molecular complexity index is 587. The molecule has 102 valence electrons. The molecule has 1 aromatic carbocycles. The van der Waals surface area contributed by atoms with Gasteiger partial charge in [0.15, 0.2) is 0 Å². The number of hydrogen-bond donors (Lipinski definition) is 2. The molecule has 0 aliphatic carbocycles. The fourth-order valence-corrected chi connectivity index (χ4v) is 2.29. The zero-order valence-electron chi connectivity index (χ0n) is 9.92. The molecule has 7 heteroatoms. The molecule has 2 N–H and O–H groups in total. The summed E-state index contributed by atoms with van der Waals surface area (Å²) >= 11 is 0. The van der Waals surface area contributed by atoms with Gasteiger partial charge in [0.05, 0.1) is 17.1 Å². The summed E-state index contributed by atoms with van der Waals surface area (Å²) in [5.41, 5.74) is 1.18. The maximum absolute atomic E-state index is 12.1. The number of alkyl halides is 3. The Kier molecular flexibility index (Phi) is 2.85. The Morgan fingerprint density at radius 2 is 2.16 bits per heavy atom. The summed E-state index contributed by atoms with van der Waals surface area (Å²) in [7, 11) is 0. The number of aromatic nitrogens is 2. The molecule has 4 nitrogen and oxygen atoms in total. The van der Waals surface area contributed by atoms with Crippen LogP contribution in [0, 0.1) is 0 Å². The number of ether oxygens (including phenoxy) is 1. The van der Waals surface area contributed by atoms with Crippen LogP contribution >= 0.6 is 0 Å². The van der Waals surface area contributed by atoms with Crippen molar-refractivity contribution < 1.29 is 17.9 Å². The van der Waals surface area contributed by atoms with Crippen LogP contribution in [0.5, 0.6) is 5.75 Å². The summed E-state index contributed by atoms with van der Waals surface area (Å²) in [4.78, 5) is 7.42. The molecule has 0 saturated carbocycles. The second-order valence-corrected chi connectivity index (χ2v) is 4.50. The summed E-state index contributed by atoms with van der Waals surface area (Å²) in [6, 6.07) is 4.25. The number of hydrogen-bond acceptors (Lipinski definition) is 3. The van der Waals surface area contributed by atoms with E-state index in [0.717, 1.165) is 25.2 Å². The van der Waals surface area contributed by atoms with Gasteiger partial charge < -0.3 is 15.0 Å². The number of benzene rings is 1. The van der Waals surface area contributed by atoms with E-state index in [9.17, 15) is 13.2 Å². The minimum absolute atomic E-state index is 0.152. The van der Waals surface area contributed by atoms with Crippen LogP contribution in [-0.2, 0) is 0 Å². The molecular weight excluding hydrogens is 259 g/mol. The van der Waals surface area contributed by atoms with E-state index < -0.39 is 6.36 Å². The van der Waals surface area contributed by atoms with Crippen molar-refractivity contribution in [2.24, 2.45) is 0 Å². The number of nitrogens with zero attached hydrogens (tertiary/aromatic N) is 1. The van der Waals surface area contributed by atoms with Gasteiger partial charge in [0.2, 0.25) is 0 Å². The first kappa shape index (κ1) is 12.3. The maximum atomic E-state index is 12.1. The van der Waals surface area contributed by atoms with Crippen molar-refractivity contribution in [2.45, 2.75) is 25.2 Å². The fourth-order valence-electron chi connectivity index (χ4n) is 2.29. The van der Waals surface area contributed by atoms with Crippen molar-refractivity contribution in [1.82, 2.24) is 15.3 Å². The first-order chi connectivity index (χ1) is 9.01. The Balaban J connectivity index is 1.90. The smallest absolute Gasteiger partial charge is 0.406 e. The summed E-state index contributed by atoms with van der Waals surface area (Å²) in [6.45, 7) is 0.935. The van der Waals surface area contributed by atoms with Crippen molar-refractivity contribution in [3.63, 3.8) is 0 Å². The summed E-state index contributed by atoms with van der Waals surface area (Å²) in [5, 5.41) is 3.28. The summed E-state index contributed by atoms with van der Waals surface area (Å²) in [6.07, 6.45) is -2.63. The number of fused-ring (bicyclic) bond motifs is 1. The molecule has 19 heavy (non-hydrogen) atoms. The Hall–Kier alpha value is -1.76.